The van der Waals surface area contributed by atoms with Gasteiger partial charge in [-0.3, -0.25) is 0 Å². The molecular formula is C11H21NO. The molecule has 1 heterocycles. The van der Waals surface area contributed by atoms with Crippen LogP contribution < -0.4 is 5.73 Å². The highest BCUT2D eigenvalue weighted by molar-refractivity contribution is 4.86. The molecule has 76 valence electrons. The lowest BCUT2D eigenvalue weighted by Crippen LogP contribution is -2.28. The van der Waals surface area contributed by atoms with Gasteiger partial charge in [0.2, 0.25) is 0 Å². The van der Waals surface area contributed by atoms with Crippen molar-refractivity contribution in [2.45, 2.75) is 32.1 Å². The summed E-state index contributed by atoms with van der Waals surface area (Å²) in [5.41, 5.74) is 5.66. The maximum absolute atomic E-state index is 5.66. The molecule has 0 spiro atoms. The largest absolute Gasteiger partial charge is 0.381 e. The second kappa shape index (κ2) is 4.43. The number of ether oxygens (including phenoxy) is 1. The summed E-state index contributed by atoms with van der Waals surface area (Å²) in [7, 11) is 0. The van der Waals surface area contributed by atoms with E-state index in [1.807, 2.05) is 0 Å². The van der Waals surface area contributed by atoms with Crippen molar-refractivity contribution in [3.8, 4) is 0 Å². The van der Waals surface area contributed by atoms with Gasteiger partial charge in [0.1, 0.15) is 0 Å². The molecule has 2 atom stereocenters. The van der Waals surface area contributed by atoms with Crippen LogP contribution in [0.15, 0.2) is 0 Å². The Bertz CT molecular complexity index is 150. The summed E-state index contributed by atoms with van der Waals surface area (Å²) in [5, 5.41) is 0. The molecule has 2 heteroatoms. The molecule has 1 aliphatic carbocycles. The van der Waals surface area contributed by atoms with Crippen LogP contribution in [0, 0.1) is 17.8 Å². The van der Waals surface area contributed by atoms with Crippen LogP contribution in [0.1, 0.15) is 32.1 Å². The third-order valence-corrected chi connectivity index (χ3v) is 3.53. The Labute approximate surface area is 80.8 Å². The van der Waals surface area contributed by atoms with Crippen LogP contribution in [-0.4, -0.2) is 19.8 Å². The van der Waals surface area contributed by atoms with Gasteiger partial charge < -0.3 is 10.5 Å². The lowest BCUT2D eigenvalue weighted by molar-refractivity contribution is 0.0242. The van der Waals surface area contributed by atoms with Gasteiger partial charge >= 0.3 is 0 Å². The first-order valence-corrected chi connectivity index (χ1v) is 5.69. The Kier molecular flexibility index (Phi) is 3.23. The fraction of sp³-hybridized carbons (Fsp3) is 1.00. The van der Waals surface area contributed by atoms with E-state index in [9.17, 15) is 0 Å². The van der Waals surface area contributed by atoms with Crippen LogP contribution in [-0.2, 0) is 4.74 Å². The fourth-order valence-corrected chi connectivity index (χ4v) is 2.68. The number of hydrogen-bond acceptors (Lipinski definition) is 2. The standard InChI is InChI=1S/C11H21NO/c12-6-5-11(9-3-4-9)10-2-1-7-13-8-10/h9-11H,1-8,12H2. The van der Waals surface area contributed by atoms with Gasteiger partial charge in [0.15, 0.2) is 0 Å². The van der Waals surface area contributed by atoms with E-state index >= 15 is 0 Å². The first-order chi connectivity index (χ1) is 6.42. The predicted octanol–water partition coefficient (Wildman–Crippen LogP) is 1.79. The maximum Gasteiger partial charge on any atom is 0.0497 e. The smallest absolute Gasteiger partial charge is 0.0497 e. The molecule has 0 aromatic heterocycles. The Hall–Kier alpha value is -0.0800. The van der Waals surface area contributed by atoms with Gasteiger partial charge in [-0.15, -0.1) is 0 Å². The molecule has 0 amide bonds. The van der Waals surface area contributed by atoms with Gasteiger partial charge in [-0.2, -0.15) is 0 Å². The summed E-state index contributed by atoms with van der Waals surface area (Å²) < 4.78 is 5.55. The van der Waals surface area contributed by atoms with Crippen molar-refractivity contribution in [1.82, 2.24) is 0 Å². The average Bonchev–Trinajstić information content (AvgIpc) is 2.99. The molecule has 1 saturated heterocycles. The van der Waals surface area contributed by atoms with Gasteiger partial charge in [0.05, 0.1) is 0 Å². The minimum Gasteiger partial charge on any atom is -0.381 e. The molecule has 2 rings (SSSR count). The van der Waals surface area contributed by atoms with Gasteiger partial charge in [-0.25, -0.2) is 0 Å². The van der Waals surface area contributed by atoms with E-state index in [0.717, 1.165) is 37.5 Å². The first kappa shape index (κ1) is 9.47. The molecule has 0 aromatic carbocycles. The molecule has 13 heavy (non-hydrogen) atoms. The van der Waals surface area contributed by atoms with Crippen LogP contribution >= 0.6 is 0 Å². The Balaban J connectivity index is 1.84. The van der Waals surface area contributed by atoms with Crippen LogP contribution in [0.3, 0.4) is 0 Å². The van der Waals surface area contributed by atoms with Gasteiger partial charge in [-0.05, 0) is 56.4 Å². The molecule has 2 nitrogen and oxygen atoms in total. The van der Waals surface area contributed by atoms with Gasteiger partial charge in [-0.1, -0.05) is 0 Å². The number of hydrogen-bond donors (Lipinski definition) is 1. The van der Waals surface area contributed by atoms with E-state index in [2.05, 4.69) is 0 Å². The molecule has 0 bridgehead atoms. The van der Waals surface area contributed by atoms with E-state index in [-0.39, 0.29) is 0 Å². The zero-order chi connectivity index (χ0) is 9.10. The van der Waals surface area contributed by atoms with E-state index in [0.29, 0.717) is 0 Å². The molecular weight excluding hydrogens is 162 g/mol. The summed E-state index contributed by atoms with van der Waals surface area (Å²) in [5.74, 6) is 2.70. The van der Waals surface area contributed by atoms with Crippen molar-refractivity contribution < 1.29 is 4.74 Å². The SMILES string of the molecule is NCCC(C1CC1)C1CCCOC1. The summed E-state index contributed by atoms with van der Waals surface area (Å²) in [6.07, 6.45) is 6.75. The molecule has 2 unspecified atom stereocenters. The van der Waals surface area contributed by atoms with Crippen molar-refractivity contribution in [1.29, 1.82) is 0 Å². The Morgan fingerprint density at radius 2 is 2.08 bits per heavy atom. The molecule has 2 N–H and O–H groups in total. The lowest BCUT2D eigenvalue weighted by atomic mass is 9.82. The average molecular weight is 183 g/mol. The topological polar surface area (TPSA) is 35.2 Å². The number of nitrogens with two attached hydrogens (primary N) is 1. The van der Waals surface area contributed by atoms with E-state index in [1.54, 1.807) is 0 Å². The summed E-state index contributed by atoms with van der Waals surface area (Å²) in [4.78, 5) is 0. The normalized spacial score (nSPS) is 31.6. The van der Waals surface area contributed by atoms with Crippen molar-refractivity contribution >= 4 is 0 Å². The molecule has 0 radical (unpaired) electrons. The fourth-order valence-electron chi connectivity index (χ4n) is 2.68. The van der Waals surface area contributed by atoms with Crippen molar-refractivity contribution in [3.63, 3.8) is 0 Å². The minimum atomic E-state index is 0.824. The van der Waals surface area contributed by atoms with Gasteiger partial charge in [0, 0.05) is 13.2 Å². The predicted molar refractivity (Wildman–Crippen MR) is 53.4 cm³/mol. The Morgan fingerprint density at radius 3 is 2.62 bits per heavy atom. The van der Waals surface area contributed by atoms with Crippen molar-refractivity contribution in [2.24, 2.45) is 23.5 Å². The molecule has 1 saturated carbocycles. The third-order valence-electron chi connectivity index (χ3n) is 3.53. The lowest BCUT2D eigenvalue weighted by Gasteiger charge is -2.30. The highest BCUT2D eigenvalue weighted by Crippen LogP contribution is 2.44. The molecule has 0 aromatic rings. The third kappa shape index (κ3) is 2.44. The summed E-state index contributed by atoms with van der Waals surface area (Å²) in [6, 6.07) is 0. The van der Waals surface area contributed by atoms with Crippen LogP contribution in [0.5, 0.6) is 0 Å². The summed E-state index contributed by atoms with van der Waals surface area (Å²) >= 11 is 0. The van der Waals surface area contributed by atoms with Crippen molar-refractivity contribution in [3.05, 3.63) is 0 Å². The second-order valence-electron chi connectivity index (χ2n) is 4.56. The van der Waals surface area contributed by atoms with E-state index in [1.165, 1.54) is 32.1 Å². The maximum atomic E-state index is 5.66. The highest BCUT2D eigenvalue weighted by atomic mass is 16.5. The van der Waals surface area contributed by atoms with Crippen LogP contribution in [0.4, 0.5) is 0 Å². The summed E-state index contributed by atoms with van der Waals surface area (Å²) in [6.45, 7) is 2.84. The number of rotatable bonds is 4. The molecule has 2 fully saturated rings. The van der Waals surface area contributed by atoms with E-state index in [4.69, 9.17) is 10.5 Å². The zero-order valence-electron chi connectivity index (χ0n) is 8.37. The Morgan fingerprint density at radius 1 is 1.23 bits per heavy atom. The van der Waals surface area contributed by atoms with Crippen molar-refractivity contribution in [2.75, 3.05) is 19.8 Å². The quantitative estimate of drug-likeness (QED) is 0.721. The molecule has 2 aliphatic rings. The monoisotopic (exact) mass is 183 g/mol. The van der Waals surface area contributed by atoms with Gasteiger partial charge in [0.25, 0.3) is 0 Å². The minimum absolute atomic E-state index is 0.824. The van der Waals surface area contributed by atoms with Crippen LogP contribution in [0.2, 0.25) is 0 Å². The molecule has 1 aliphatic heterocycles. The van der Waals surface area contributed by atoms with Crippen LogP contribution in [0.25, 0.3) is 0 Å². The second-order valence-corrected chi connectivity index (χ2v) is 4.56. The highest BCUT2D eigenvalue weighted by Gasteiger charge is 2.36. The van der Waals surface area contributed by atoms with E-state index < -0.39 is 0 Å². The first-order valence-electron chi connectivity index (χ1n) is 5.69. The zero-order valence-corrected chi connectivity index (χ0v) is 8.37.